The minimum atomic E-state index is -0.713. The second-order valence-electron chi connectivity index (χ2n) is 18.7. The van der Waals surface area contributed by atoms with E-state index >= 15 is 0 Å². The standard InChI is InChI=1S/C68H46N2/c1-5-23-47(24-6-1)48-25-21-32-52(45-48)69(49-26-7-2-8-27-49)53-43-44-62-64(46-53)68(61-40-20-19-39-60(61)67(62)57-36-16-13-33-54(57)55-34-14-17-37-58(55)67)59-38-18-15-35-56(59)66-63(68)41-22-42-65(66)70(50-28-9-3-10-29-50)51-30-11-4-12-31-51/h1-46H. The fraction of sp³-hybridized carbons (Fsp3) is 0.0294. The van der Waals surface area contributed by atoms with Gasteiger partial charge >= 0.3 is 0 Å². The van der Waals surface area contributed by atoms with Gasteiger partial charge in [-0.2, -0.15) is 0 Å². The summed E-state index contributed by atoms with van der Waals surface area (Å²) < 4.78 is 0. The molecule has 0 N–H and O–H groups in total. The van der Waals surface area contributed by atoms with Crippen molar-refractivity contribution in [2.24, 2.45) is 0 Å². The van der Waals surface area contributed by atoms with Crippen molar-refractivity contribution in [1.82, 2.24) is 0 Å². The Bertz CT molecular complexity index is 3700. The van der Waals surface area contributed by atoms with Crippen LogP contribution in [0.1, 0.15) is 44.5 Å². The third-order valence-electron chi connectivity index (χ3n) is 15.3. The lowest BCUT2D eigenvalue weighted by atomic mass is 9.52. The molecular weight excluding hydrogens is 845 g/mol. The molecule has 0 fully saturated rings. The summed E-state index contributed by atoms with van der Waals surface area (Å²) in [4.78, 5) is 4.90. The number of nitrogens with zero attached hydrogens (tertiary/aromatic N) is 2. The molecule has 0 saturated carbocycles. The van der Waals surface area contributed by atoms with Crippen molar-refractivity contribution in [2.45, 2.75) is 10.8 Å². The second kappa shape index (κ2) is 15.8. The van der Waals surface area contributed by atoms with E-state index in [4.69, 9.17) is 0 Å². The zero-order valence-corrected chi connectivity index (χ0v) is 38.5. The summed E-state index contributed by atoms with van der Waals surface area (Å²) in [5.41, 5.74) is 23.2. The van der Waals surface area contributed by atoms with Crippen LogP contribution in [0.5, 0.6) is 0 Å². The first-order valence-electron chi connectivity index (χ1n) is 24.3. The summed E-state index contributed by atoms with van der Waals surface area (Å²) >= 11 is 0. The summed E-state index contributed by atoms with van der Waals surface area (Å²) in [5.74, 6) is 0. The summed E-state index contributed by atoms with van der Waals surface area (Å²) in [7, 11) is 0. The Hall–Kier alpha value is -8.98. The molecule has 0 radical (unpaired) electrons. The third kappa shape index (κ3) is 5.62. The van der Waals surface area contributed by atoms with Gasteiger partial charge in [0, 0.05) is 34.0 Å². The first-order chi connectivity index (χ1) is 34.8. The van der Waals surface area contributed by atoms with Crippen LogP contribution in [0, 0.1) is 0 Å². The molecule has 70 heavy (non-hydrogen) atoms. The van der Waals surface area contributed by atoms with Gasteiger partial charge in [-0.25, -0.2) is 0 Å². The molecule has 2 spiro atoms. The SMILES string of the molecule is c1ccc(-c2cccc(N(c3ccccc3)c3ccc4c(c3)C3(c5ccccc5-c5c(N(c6ccccc6)c6ccccc6)cccc53)c3ccccc3C43c4ccccc4-c4ccccc43)c2)cc1. The van der Waals surface area contributed by atoms with Gasteiger partial charge in [-0.1, -0.05) is 212 Å². The maximum atomic E-state index is 2.56. The van der Waals surface area contributed by atoms with Crippen molar-refractivity contribution in [3.8, 4) is 33.4 Å². The Balaban J connectivity index is 1.12. The van der Waals surface area contributed by atoms with Crippen LogP contribution in [0.25, 0.3) is 33.4 Å². The molecule has 1 unspecified atom stereocenters. The normalized spacial score (nSPS) is 15.0. The molecule has 0 aliphatic heterocycles. The van der Waals surface area contributed by atoms with Gasteiger partial charge in [-0.05, 0) is 139 Å². The summed E-state index contributed by atoms with van der Waals surface area (Å²) in [5, 5.41) is 0. The smallest absolute Gasteiger partial charge is 0.0721 e. The zero-order chi connectivity index (χ0) is 46.2. The third-order valence-corrected chi connectivity index (χ3v) is 15.3. The molecule has 0 aromatic heterocycles. The lowest BCUT2D eigenvalue weighted by molar-refractivity contribution is 0.633. The van der Waals surface area contributed by atoms with Crippen molar-refractivity contribution >= 4 is 34.1 Å². The van der Waals surface area contributed by atoms with E-state index in [-0.39, 0.29) is 0 Å². The number of benzene rings is 11. The van der Waals surface area contributed by atoms with E-state index in [1.807, 2.05) is 0 Å². The molecule has 0 heterocycles. The fourth-order valence-electron chi connectivity index (χ4n) is 12.7. The number of anilines is 6. The minimum Gasteiger partial charge on any atom is -0.310 e. The molecule has 11 aromatic carbocycles. The van der Waals surface area contributed by atoms with E-state index < -0.39 is 10.8 Å². The van der Waals surface area contributed by atoms with Crippen molar-refractivity contribution in [3.63, 3.8) is 0 Å². The van der Waals surface area contributed by atoms with Crippen LogP contribution in [-0.4, -0.2) is 0 Å². The monoisotopic (exact) mass is 890 g/mol. The molecule has 11 aromatic rings. The summed E-state index contributed by atoms with van der Waals surface area (Å²) in [6, 6.07) is 104. The molecular formula is C68H46N2. The molecule has 2 heteroatoms. The maximum absolute atomic E-state index is 2.56. The molecule has 0 amide bonds. The number of hydrogen-bond acceptors (Lipinski definition) is 2. The van der Waals surface area contributed by atoms with Gasteiger partial charge in [0.05, 0.1) is 16.5 Å². The highest BCUT2D eigenvalue weighted by atomic mass is 15.1. The van der Waals surface area contributed by atoms with Gasteiger partial charge in [0.25, 0.3) is 0 Å². The van der Waals surface area contributed by atoms with Crippen molar-refractivity contribution in [2.75, 3.05) is 9.80 Å². The Labute approximate surface area is 409 Å². The Morgan fingerprint density at radius 2 is 0.600 bits per heavy atom. The van der Waals surface area contributed by atoms with Crippen LogP contribution in [0.3, 0.4) is 0 Å². The van der Waals surface area contributed by atoms with Crippen molar-refractivity contribution < 1.29 is 0 Å². The van der Waals surface area contributed by atoms with Gasteiger partial charge in [0.1, 0.15) is 0 Å². The maximum Gasteiger partial charge on any atom is 0.0721 e. The van der Waals surface area contributed by atoms with Crippen molar-refractivity contribution in [3.05, 3.63) is 324 Å². The lowest BCUT2D eigenvalue weighted by Gasteiger charge is -2.49. The first-order valence-corrected chi connectivity index (χ1v) is 24.3. The predicted molar refractivity (Wildman–Crippen MR) is 289 cm³/mol. The van der Waals surface area contributed by atoms with Gasteiger partial charge in [0.15, 0.2) is 0 Å². The fourth-order valence-corrected chi connectivity index (χ4v) is 12.7. The van der Waals surface area contributed by atoms with Crippen LogP contribution in [0.15, 0.2) is 279 Å². The number of para-hydroxylation sites is 3. The highest BCUT2D eigenvalue weighted by molar-refractivity contribution is 6.00. The zero-order valence-electron chi connectivity index (χ0n) is 38.5. The minimum absolute atomic E-state index is 0.594. The summed E-state index contributed by atoms with van der Waals surface area (Å²) in [6.45, 7) is 0. The van der Waals surface area contributed by atoms with Crippen LogP contribution in [0.4, 0.5) is 34.1 Å². The van der Waals surface area contributed by atoms with E-state index in [1.165, 1.54) is 77.9 Å². The second-order valence-corrected chi connectivity index (χ2v) is 18.7. The topological polar surface area (TPSA) is 6.48 Å². The molecule has 328 valence electrons. The van der Waals surface area contributed by atoms with E-state index in [0.29, 0.717) is 0 Å². The average molecular weight is 891 g/mol. The number of rotatable bonds is 7. The molecule has 2 nitrogen and oxygen atoms in total. The van der Waals surface area contributed by atoms with E-state index in [2.05, 4.69) is 289 Å². The van der Waals surface area contributed by atoms with Crippen LogP contribution < -0.4 is 9.80 Å². The lowest BCUT2D eigenvalue weighted by Crippen LogP contribution is -2.44. The van der Waals surface area contributed by atoms with Gasteiger partial charge < -0.3 is 9.80 Å². The highest BCUT2D eigenvalue weighted by Crippen LogP contribution is 2.69. The largest absolute Gasteiger partial charge is 0.310 e. The van der Waals surface area contributed by atoms with Crippen LogP contribution in [-0.2, 0) is 10.8 Å². The first kappa shape index (κ1) is 40.1. The highest BCUT2D eigenvalue weighted by Gasteiger charge is 2.59. The Morgan fingerprint density at radius 1 is 0.214 bits per heavy atom. The summed E-state index contributed by atoms with van der Waals surface area (Å²) in [6.07, 6.45) is 0. The Morgan fingerprint density at radius 3 is 1.19 bits per heavy atom. The molecule has 0 bridgehead atoms. The van der Waals surface area contributed by atoms with Crippen LogP contribution >= 0.6 is 0 Å². The van der Waals surface area contributed by atoms with Crippen molar-refractivity contribution in [1.29, 1.82) is 0 Å². The Kier molecular flexibility index (Phi) is 9.06. The predicted octanol–water partition coefficient (Wildman–Crippen LogP) is 17.3. The van der Waals surface area contributed by atoms with E-state index in [1.54, 1.807) is 0 Å². The van der Waals surface area contributed by atoms with E-state index in [9.17, 15) is 0 Å². The number of hydrogen-bond donors (Lipinski definition) is 0. The van der Waals surface area contributed by atoms with Gasteiger partial charge in [0.2, 0.25) is 0 Å². The number of fused-ring (bicyclic) bond motifs is 16. The molecule has 3 aliphatic carbocycles. The molecule has 1 atom stereocenters. The average Bonchev–Trinajstić information content (AvgIpc) is 3.91. The van der Waals surface area contributed by atoms with E-state index in [0.717, 1.165) is 34.1 Å². The van der Waals surface area contributed by atoms with Gasteiger partial charge in [-0.15, -0.1) is 0 Å². The van der Waals surface area contributed by atoms with Gasteiger partial charge in [-0.3, -0.25) is 0 Å². The molecule has 14 rings (SSSR count). The molecule has 0 saturated heterocycles. The molecule has 3 aliphatic rings. The quantitative estimate of drug-likeness (QED) is 0.157. The van der Waals surface area contributed by atoms with Crippen LogP contribution in [0.2, 0.25) is 0 Å².